The molecule has 0 radical (unpaired) electrons. The highest BCUT2D eigenvalue weighted by Gasteiger charge is 2.17. The molecule has 1 unspecified atom stereocenters. The van der Waals surface area contributed by atoms with Crippen molar-refractivity contribution in [2.45, 2.75) is 62.6 Å². The fourth-order valence-electron chi connectivity index (χ4n) is 2.92. The fraction of sp³-hybridized carbons (Fsp3) is 0.429. The molecule has 0 aromatic heterocycles. The lowest BCUT2D eigenvalue weighted by Crippen LogP contribution is -2.42. The van der Waals surface area contributed by atoms with E-state index < -0.39 is 0 Å². The Morgan fingerprint density at radius 2 is 1.42 bits per heavy atom. The van der Waals surface area contributed by atoms with Gasteiger partial charge in [0.2, 0.25) is 0 Å². The second kappa shape index (κ2) is 9.19. The molecule has 0 aliphatic heterocycles. The maximum Gasteiger partial charge on any atom is 0.119 e. The number of rotatable bonds is 8. The maximum atomic E-state index is 6.10. The highest BCUT2D eigenvalue weighted by molar-refractivity contribution is 7.99. The lowest BCUT2D eigenvalue weighted by Gasteiger charge is -2.32. The smallest absolute Gasteiger partial charge is 0.119 e. The predicted octanol–water partition coefficient (Wildman–Crippen LogP) is 4.89. The van der Waals surface area contributed by atoms with E-state index in [1.54, 1.807) is 11.8 Å². The summed E-state index contributed by atoms with van der Waals surface area (Å²) in [5, 5.41) is 0. The molecule has 0 aliphatic rings. The summed E-state index contributed by atoms with van der Waals surface area (Å²) >= 11 is 1.66. The molecule has 1 atom stereocenters. The molecule has 0 spiro atoms. The van der Waals surface area contributed by atoms with Crippen molar-refractivity contribution in [2.75, 3.05) is 18.0 Å². The van der Waals surface area contributed by atoms with Gasteiger partial charge in [0.1, 0.15) is 11.9 Å². The summed E-state index contributed by atoms with van der Waals surface area (Å²) in [4.78, 5) is 4.66. The molecule has 2 aromatic carbocycles. The summed E-state index contributed by atoms with van der Waals surface area (Å²) in [6.45, 7) is 11.9. The zero-order chi connectivity index (χ0) is 19.3. The molecule has 2 rings (SSSR count). The van der Waals surface area contributed by atoms with Crippen LogP contribution in [0.5, 0.6) is 5.75 Å². The van der Waals surface area contributed by atoms with Crippen LogP contribution in [0.3, 0.4) is 0 Å². The van der Waals surface area contributed by atoms with Crippen molar-refractivity contribution < 1.29 is 4.74 Å². The van der Waals surface area contributed by atoms with Gasteiger partial charge in [-0.15, -0.1) is 0 Å². The molecule has 0 aliphatic carbocycles. The number of benzene rings is 2. The molecule has 0 amide bonds. The first-order valence-corrected chi connectivity index (χ1v) is 9.93. The van der Waals surface area contributed by atoms with Gasteiger partial charge in [-0.3, -0.25) is 4.90 Å². The summed E-state index contributed by atoms with van der Waals surface area (Å²) in [6, 6.07) is 14.9. The summed E-state index contributed by atoms with van der Waals surface area (Å²) in [7, 11) is 0. The van der Waals surface area contributed by atoms with Crippen LogP contribution in [0, 0.1) is 0 Å². The van der Waals surface area contributed by atoms with Crippen LogP contribution in [0.2, 0.25) is 0 Å². The van der Waals surface area contributed by atoms with Crippen LogP contribution >= 0.6 is 11.8 Å². The van der Waals surface area contributed by atoms with Gasteiger partial charge < -0.3 is 16.2 Å². The molecular formula is C21H31N3OS. The Hall–Kier alpha value is -1.85. The number of anilines is 2. The van der Waals surface area contributed by atoms with Crippen LogP contribution in [0.25, 0.3) is 0 Å². The van der Waals surface area contributed by atoms with Gasteiger partial charge >= 0.3 is 0 Å². The zero-order valence-electron chi connectivity index (χ0n) is 16.4. The normalized spacial score (nSPS) is 12.8. The van der Waals surface area contributed by atoms with Crippen molar-refractivity contribution in [3.8, 4) is 5.75 Å². The van der Waals surface area contributed by atoms with Crippen LogP contribution in [0.15, 0.2) is 52.3 Å². The second-order valence-corrected chi connectivity index (χ2v) is 8.32. The Kier molecular flexibility index (Phi) is 7.23. The van der Waals surface area contributed by atoms with E-state index in [9.17, 15) is 0 Å². The van der Waals surface area contributed by atoms with Crippen molar-refractivity contribution >= 4 is 23.1 Å². The molecule has 0 fully saturated rings. The van der Waals surface area contributed by atoms with E-state index in [1.165, 1.54) is 0 Å². The second-order valence-electron chi connectivity index (χ2n) is 7.18. The molecule has 142 valence electrons. The predicted molar refractivity (Wildman–Crippen MR) is 113 cm³/mol. The van der Waals surface area contributed by atoms with Gasteiger partial charge in [-0.25, -0.2) is 0 Å². The average Bonchev–Trinajstić information content (AvgIpc) is 2.57. The maximum absolute atomic E-state index is 6.10. The van der Waals surface area contributed by atoms with Crippen LogP contribution in [-0.2, 0) is 0 Å². The molecule has 4 nitrogen and oxygen atoms in total. The van der Waals surface area contributed by atoms with E-state index in [1.807, 2.05) is 30.3 Å². The van der Waals surface area contributed by atoms with E-state index >= 15 is 0 Å². The third-order valence-electron chi connectivity index (χ3n) is 4.25. The van der Waals surface area contributed by atoms with Crippen molar-refractivity contribution in [2.24, 2.45) is 0 Å². The molecule has 26 heavy (non-hydrogen) atoms. The van der Waals surface area contributed by atoms with Gasteiger partial charge in [0.15, 0.2) is 0 Å². The number of hydrogen-bond acceptors (Lipinski definition) is 5. The number of nitrogens with two attached hydrogens (primary N) is 2. The summed E-state index contributed by atoms with van der Waals surface area (Å²) in [5.74, 6) is 0.895. The number of nitrogens with zero attached hydrogens (tertiary/aromatic N) is 1. The van der Waals surface area contributed by atoms with Gasteiger partial charge in [0, 0.05) is 28.4 Å². The Morgan fingerprint density at radius 1 is 0.846 bits per heavy atom. The van der Waals surface area contributed by atoms with E-state index in [4.69, 9.17) is 16.2 Å². The summed E-state index contributed by atoms with van der Waals surface area (Å²) < 4.78 is 6.10. The monoisotopic (exact) mass is 373 g/mol. The topological polar surface area (TPSA) is 64.5 Å². The van der Waals surface area contributed by atoms with E-state index in [2.05, 4.69) is 51.7 Å². The van der Waals surface area contributed by atoms with Gasteiger partial charge in [-0.2, -0.15) is 0 Å². The highest BCUT2D eigenvalue weighted by atomic mass is 32.2. The zero-order valence-corrected chi connectivity index (χ0v) is 17.2. The van der Waals surface area contributed by atoms with Gasteiger partial charge in [-0.05, 0) is 77.1 Å². The Morgan fingerprint density at radius 3 is 1.96 bits per heavy atom. The first-order chi connectivity index (χ1) is 12.3. The molecule has 0 heterocycles. The SMILES string of the molecule is CC(CN(C(C)C)C(C)C)Oc1ccc(Sc2ccc(N)c(N)c2)cc1. The Labute approximate surface area is 161 Å². The van der Waals surface area contributed by atoms with Gasteiger partial charge in [-0.1, -0.05) is 11.8 Å². The van der Waals surface area contributed by atoms with E-state index in [0.29, 0.717) is 23.5 Å². The fourth-order valence-corrected chi connectivity index (χ4v) is 3.79. The highest BCUT2D eigenvalue weighted by Crippen LogP contribution is 2.31. The van der Waals surface area contributed by atoms with Gasteiger partial charge in [0.05, 0.1) is 11.4 Å². The van der Waals surface area contributed by atoms with Crippen molar-refractivity contribution in [3.63, 3.8) is 0 Å². The molecule has 5 heteroatoms. The van der Waals surface area contributed by atoms with Crippen molar-refractivity contribution in [1.29, 1.82) is 0 Å². The van der Waals surface area contributed by atoms with Crippen molar-refractivity contribution in [3.05, 3.63) is 42.5 Å². The van der Waals surface area contributed by atoms with E-state index in [0.717, 1.165) is 22.1 Å². The molecule has 2 aromatic rings. The van der Waals surface area contributed by atoms with E-state index in [-0.39, 0.29) is 6.10 Å². The largest absolute Gasteiger partial charge is 0.489 e. The lowest BCUT2D eigenvalue weighted by atomic mass is 10.2. The minimum atomic E-state index is 0.134. The first kappa shape index (κ1) is 20.5. The molecule has 0 bridgehead atoms. The summed E-state index contributed by atoms with van der Waals surface area (Å²) in [5.41, 5.74) is 12.9. The number of ether oxygens (including phenoxy) is 1. The van der Waals surface area contributed by atoms with Crippen LogP contribution < -0.4 is 16.2 Å². The molecular weight excluding hydrogens is 342 g/mol. The quantitative estimate of drug-likeness (QED) is 0.645. The first-order valence-electron chi connectivity index (χ1n) is 9.11. The van der Waals surface area contributed by atoms with Gasteiger partial charge in [0.25, 0.3) is 0 Å². The van der Waals surface area contributed by atoms with Crippen LogP contribution in [0.4, 0.5) is 11.4 Å². The molecule has 0 saturated heterocycles. The minimum Gasteiger partial charge on any atom is -0.489 e. The third kappa shape index (κ3) is 5.85. The minimum absolute atomic E-state index is 0.134. The number of nitrogen functional groups attached to an aromatic ring is 2. The van der Waals surface area contributed by atoms with Crippen molar-refractivity contribution in [1.82, 2.24) is 4.90 Å². The molecule has 4 N–H and O–H groups in total. The standard InChI is InChI=1S/C21H31N3OS/c1-14(2)24(15(3)4)13-16(5)25-17-6-8-18(9-7-17)26-19-10-11-20(22)21(23)12-19/h6-12,14-16H,13,22-23H2,1-5H3. The number of hydrogen-bond donors (Lipinski definition) is 2. The summed E-state index contributed by atoms with van der Waals surface area (Å²) in [6.07, 6.45) is 0.134. The average molecular weight is 374 g/mol. The van der Waals surface area contributed by atoms with Crippen LogP contribution in [0.1, 0.15) is 34.6 Å². The third-order valence-corrected chi connectivity index (χ3v) is 5.25. The Bertz CT molecular complexity index is 693. The lowest BCUT2D eigenvalue weighted by molar-refractivity contribution is 0.0995. The Balaban J connectivity index is 1.95. The van der Waals surface area contributed by atoms with Crippen LogP contribution in [-0.4, -0.2) is 29.6 Å². The molecule has 0 saturated carbocycles.